The molecule has 1 rings (SSSR count). The van der Waals surface area contributed by atoms with E-state index in [4.69, 9.17) is 5.73 Å². The molecule has 1 atom stereocenters. The molecule has 1 unspecified atom stereocenters. The second kappa shape index (κ2) is 2.72. The van der Waals surface area contributed by atoms with Gasteiger partial charge in [0.1, 0.15) is 6.34 Å². The summed E-state index contributed by atoms with van der Waals surface area (Å²) in [6.45, 7) is 0. The number of hydrogen-bond donors (Lipinski definition) is 1. The first-order chi connectivity index (χ1) is 5.63. The third kappa shape index (κ3) is 0.969. The van der Waals surface area contributed by atoms with Crippen LogP contribution in [0.2, 0.25) is 0 Å². The molecule has 64 valence electrons. The van der Waals surface area contributed by atoms with Crippen molar-refractivity contribution < 1.29 is 14.3 Å². The summed E-state index contributed by atoms with van der Waals surface area (Å²) in [4.78, 5) is 28.9. The van der Waals surface area contributed by atoms with Gasteiger partial charge in [-0.1, -0.05) is 0 Å². The Morgan fingerprint density at radius 2 is 2.25 bits per heavy atom. The first kappa shape index (κ1) is 8.38. The van der Waals surface area contributed by atoms with Gasteiger partial charge in [0.15, 0.2) is 0 Å². The number of nitrogens with zero attached hydrogens (tertiary/aromatic N) is 2. The van der Waals surface area contributed by atoms with Gasteiger partial charge in [0.2, 0.25) is 0 Å². The number of aliphatic imine (C=N–C) groups is 2. The molecule has 6 nitrogen and oxygen atoms in total. The zero-order chi connectivity index (χ0) is 9.19. The quantitative estimate of drug-likeness (QED) is 0.402. The van der Waals surface area contributed by atoms with E-state index >= 15 is 0 Å². The Morgan fingerprint density at radius 1 is 1.58 bits per heavy atom. The highest BCUT2D eigenvalue weighted by molar-refractivity contribution is 6.24. The summed E-state index contributed by atoms with van der Waals surface area (Å²) in [6.07, 6.45) is 2.14. The highest BCUT2D eigenvalue weighted by Crippen LogP contribution is 2.13. The Morgan fingerprint density at radius 3 is 2.58 bits per heavy atom. The number of ether oxygens (including phenoxy) is 1. The van der Waals surface area contributed by atoms with Gasteiger partial charge in [-0.15, -0.1) is 0 Å². The van der Waals surface area contributed by atoms with Crippen LogP contribution in [-0.4, -0.2) is 37.1 Å². The number of carbonyl (C=O) groups is 2. The molecule has 12 heavy (non-hydrogen) atoms. The van der Waals surface area contributed by atoms with Gasteiger partial charge in [-0.2, -0.15) is 0 Å². The number of esters is 1. The molecular weight excluding hydrogens is 162 g/mol. The van der Waals surface area contributed by atoms with Crippen LogP contribution in [0.3, 0.4) is 0 Å². The van der Waals surface area contributed by atoms with E-state index in [1.54, 1.807) is 0 Å². The summed E-state index contributed by atoms with van der Waals surface area (Å²) in [7, 11) is 1.15. The molecule has 2 N–H and O–H groups in total. The van der Waals surface area contributed by atoms with Crippen LogP contribution in [0.5, 0.6) is 0 Å². The van der Waals surface area contributed by atoms with Crippen molar-refractivity contribution in [1.29, 1.82) is 0 Å². The smallest absolute Gasteiger partial charge is 0.349 e. The Kier molecular flexibility index (Phi) is 1.90. The molecule has 0 aliphatic carbocycles. The Hall–Kier alpha value is -1.72. The molecule has 6 heteroatoms. The molecule has 1 aliphatic heterocycles. The fourth-order valence-corrected chi connectivity index (χ4v) is 0.788. The average molecular weight is 169 g/mol. The van der Waals surface area contributed by atoms with E-state index < -0.39 is 17.4 Å². The summed E-state index contributed by atoms with van der Waals surface area (Å²) in [5.41, 5.74) is 3.22. The van der Waals surface area contributed by atoms with E-state index in [0.717, 1.165) is 19.7 Å². The van der Waals surface area contributed by atoms with E-state index in [-0.39, 0.29) is 0 Å². The summed E-state index contributed by atoms with van der Waals surface area (Å²) >= 11 is 0. The number of methoxy groups -OCH3 is 1. The van der Waals surface area contributed by atoms with E-state index in [1.807, 2.05) is 0 Å². The minimum atomic E-state index is -1.74. The highest BCUT2D eigenvalue weighted by Gasteiger charge is 2.45. The summed E-state index contributed by atoms with van der Waals surface area (Å²) < 4.78 is 4.35. The average Bonchev–Trinajstić information content (AvgIpc) is 2.52. The Balaban J connectivity index is 3.04. The topological polar surface area (TPSA) is 94.1 Å². The van der Waals surface area contributed by atoms with E-state index in [1.165, 1.54) is 0 Å². The fraction of sp³-hybridized carbons (Fsp3) is 0.333. The molecule has 1 aliphatic rings. The number of hydrogen-bond acceptors (Lipinski definition) is 5. The monoisotopic (exact) mass is 169 g/mol. The maximum absolute atomic E-state index is 11.0. The van der Waals surface area contributed by atoms with Gasteiger partial charge in [-0.05, 0) is 0 Å². The maximum Gasteiger partial charge on any atom is 0.349 e. The number of primary amides is 1. The number of nitrogens with two attached hydrogens (primary N) is 1. The Labute approximate surface area is 68.1 Å². The van der Waals surface area contributed by atoms with Crippen molar-refractivity contribution in [2.75, 3.05) is 7.11 Å². The van der Waals surface area contributed by atoms with Gasteiger partial charge in [-0.25, -0.2) is 14.8 Å². The van der Waals surface area contributed by atoms with Crippen LogP contribution in [0.1, 0.15) is 0 Å². The van der Waals surface area contributed by atoms with E-state index in [0.29, 0.717) is 0 Å². The zero-order valence-corrected chi connectivity index (χ0v) is 6.35. The fourth-order valence-electron chi connectivity index (χ4n) is 0.788. The zero-order valence-electron chi connectivity index (χ0n) is 6.35. The third-order valence-electron chi connectivity index (χ3n) is 1.46. The molecule has 0 bridgehead atoms. The molecule has 0 fully saturated rings. The lowest BCUT2D eigenvalue weighted by Gasteiger charge is -2.14. The summed E-state index contributed by atoms with van der Waals surface area (Å²) in [5, 5.41) is 0. The standard InChI is InChI=1S/C6H7N3O3/c1-12-5(11)6(4(7)10)2-8-3-9-6/h2-3H,1H3,(H2,7,10). The normalized spacial score (nSPS) is 25.8. The molecule has 0 spiro atoms. The lowest BCUT2D eigenvalue weighted by atomic mass is 10.0. The summed E-state index contributed by atoms with van der Waals surface area (Å²) in [6, 6.07) is 0. The van der Waals surface area contributed by atoms with Gasteiger partial charge in [0, 0.05) is 0 Å². The second-order valence-corrected chi connectivity index (χ2v) is 2.14. The largest absolute Gasteiger partial charge is 0.467 e. The van der Waals surface area contributed by atoms with Crippen molar-refractivity contribution in [2.45, 2.75) is 5.54 Å². The number of rotatable bonds is 2. The predicted octanol–water partition coefficient (Wildman–Crippen LogP) is -1.50. The SMILES string of the molecule is COC(=O)C1(C(N)=O)C=NC=N1. The van der Waals surface area contributed by atoms with Crippen LogP contribution >= 0.6 is 0 Å². The van der Waals surface area contributed by atoms with Crippen LogP contribution in [0.25, 0.3) is 0 Å². The van der Waals surface area contributed by atoms with Crippen molar-refractivity contribution >= 4 is 24.4 Å². The van der Waals surface area contributed by atoms with Gasteiger partial charge in [0.05, 0.1) is 13.3 Å². The molecule has 0 aromatic rings. The third-order valence-corrected chi connectivity index (χ3v) is 1.46. The van der Waals surface area contributed by atoms with Gasteiger partial charge < -0.3 is 10.5 Å². The minimum Gasteiger partial charge on any atom is -0.467 e. The van der Waals surface area contributed by atoms with Gasteiger partial charge >= 0.3 is 5.97 Å². The second-order valence-electron chi connectivity index (χ2n) is 2.14. The number of amides is 1. The molecular formula is C6H7N3O3. The first-order valence-electron chi connectivity index (χ1n) is 3.10. The molecule has 0 radical (unpaired) electrons. The molecule has 0 aromatic carbocycles. The van der Waals surface area contributed by atoms with Crippen molar-refractivity contribution in [3.8, 4) is 0 Å². The van der Waals surface area contributed by atoms with Gasteiger partial charge in [-0.3, -0.25) is 4.79 Å². The predicted molar refractivity (Wildman–Crippen MR) is 40.9 cm³/mol. The maximum atomic E-state index is 11.0. The van der Waals surface area contributed by atoms with Crippen LogP contribution in [-0.2, 0) is 14.3 Å². The Bertz CT molecular complexity index is 270. The molecule has 1 heterocycles. The van der Waals surface area contributed by atoms with E-state index in [2.05, 4.69) is 14.7 Å². The van der Waals surface area contributed by atoms with Crippen LogP contribution in [0, 0.1) is 0 Å². The molecule has 0 saturated carbocycles. The van der Waals surface area contributed by atoms with Gasteiger partial charge in [0.25, 0.3) is 11.4 Å². The van der Waals surface area contributed by atoms with Crippen LogP contribution in [0.4, 0.5) is 0 Å². The first-order valence-corrected chi connectivity index (χ1v) is 3.10. The molecule has 0 saturated heterocycles. The van der Waals surface area contributed by atoms with E-state index in [9.17, 15) is 9.59 Å². The van der Waals surface area contributed by atoms with Crippen molar-refractivity contribution in [1.82, 2.24) is 0 Å². The molecule has 1 amide bonds. The lowest BCUT2D eigenvalue weighted by Crippen LogP contribution is -2.50. The number of carbonyl (C=O) groups excluding carboxylic acids is 2. The van der Waals surface area contributed by atoms with Crippen molar-refractivity contribution in [3.05, 3.63) is 0 Å². The molecule has 0 aromatic heterocycles. The lowest BCUT2D eigenvalue weighted by molar-refractivity contribution is -0.147. The highest BCUT2D eigenvalue weighted by atomic mass is 16.5. The minimum absolute atomic E-state index is 0.826. The van der Waals surface area contributed by atoms with Crippen molar-refractivity contribution in [2.24, 2.45) is 15.7 Å². The van der Waals surface area contributed by atoms with Crippen LogP contribution < -0.4 is 5.73 Å². The summed E-state index contributed by atoms with van der Waals surface area (Å²) in [5.74, 6) is -1.72. The van der Waals surface area contributed by atoms with Crippen molar-refractivity contribution in [3.63, 3.8) is 0 Å². The van der Waals surface area contributed by atoms with Crippen LogP contribution in [0.15, 0.2) is 9.98 Å².